The summed E-state index contributed by atoms with van der Waals surface area (Å²) in [6.07, 6.45) is 0. The van der Waals surface area contributed by atoms with Gasteiger partial charge in [-0.1, -0.05) is 0 Å². The van der Waals surface area contributed by atoms with E-state index in [4.69, 9.17) is 14.5 Å². The molecule has 0 saturated heterocycles. The molecule has 2 aromatic carbocycles. The molecule has 0 amide bonds. The monoisotopic (exact) mass is 404 g/mol. The summed E-state index contributed by atoms with van der Waals surface area (Å²) in [5, 5.41) is 16.2. The van der Waals surface area contributed by atoms with Crippen molar-refractivity contribution >= 4 is 37.3 Å². The van der Waals surface area contributed by atoms with Crippen LogP contribution in [0.3, 0.4) is 0 Å². The molecule has 132 valence electrons. The van der Waals surface area contributed by atoms with Crippen LogP contribution < -0.4 is 12.4 Å². The van der Waals surface area contributed by atoms with Gasteiger partial charge in [0.1, 0.15) is 0 Å². The summed E-state index contributed by atoms with van der Waals surface area (Å²) in [7, 11) is -8.94. The maximum absolute atomic E-state index is 11.2. The van der Waals surface area contributed by atoms with Crippen LogP contribution in [0, 0.1) is 5.39 Å². The van der Waals surface area contributed by atoms with Crippen molar-refractivity contribution in [3.05, 3.63) is 47.4 Å². The molecular weight excluding hydrogens is 396 g/mol. The van der Waals surface area contributed by atoms with Crippen LogP contribution >= 0.6 is 0 Å². The van der Waals surface area contributed by atoms with Crippen LogP contribution in [0.15, 0.2) is 62.5 Å². The first-order valence-corrected chi connectivity index (χ1v) is 8.95. The minimum absolute atomic E-state index is 0. The van der Waals surface area contributed by atoms with E-state index in [1.807, 2.05) is 0 Å². The Hall–Kier alpha value is -2.43. The van der Waals surface area contributed by atoms with E-state index in [1.165, 1.54) is 18.2 Å². The van der Waals surface area contributed by atoms with Crippen LogP contribution in [0.25, 0.3) is 4.98 Å². The zero-order chi connectivity index (χ0) is 18.0. The molecular formula is C12H9ClN4O6S2. The Morgan fingerprint density at radius 2 is 1.36 bits per heavy atom. The zero-order valence-electron chi connectivity index (χ0n) is 12.1. The molecule has 0 radical (unpaired) electrons. The zero-order valence-corrected chi connectivity index (χ0v) is 14.4. The normalized spacial score (nSPS) is 11.7. The minimum atomic E-state index is -4.62. The fourth-order valence-electron chi connectivity index (χ4n) is 1.65. The van der Waals surface area contributed by atoms with Crippen molar-refractivity contribution in [1.82, 2.24) is 0 Å². The second kappa shape index (κ2) is 7.64. The molecule has 0 aromatic heterocycles. The molecule has 0 spiro atoms. The van der Waals surface area contributed by atoms with E-state index in [1.54, 1.807) is 0 Å². The highest BCUT2D eigenvalue weighted by Gasteiger charge is 2.24. The summed E-state index contributed by atoms with van der Waals surface area (Å²) in [4.78, 5) is 1.77. The first-order chi connectivity index (χ1) is 11.1. The predicted molar refractivity (Wildman–Crippen MR) is 81.4 cm³/mol. The van der Waals surface area contributed by atoms with Crippen molar-refractivity contribution < 1.29 is 38.3 Å². The Morgan fingerprint density at radius 3 is 1.84 bits per heavy atom. The number of benzene rings is 2. The van der Waals surface area contributed by atoms with Gasteiger partial charge in [-0.2, -0.15) is 27.1 Å². The lowest BCUT2D eigenvalue weighted by atomic mass is 10.3. The van der Waals surface area contributed by atoms with E-state index in [9.17, 15) is 16.8 Å². The summed E-state index contributed by atoms with van der Waals surface area (Å²) >= 11 is 0. The van der Waals surface area contributed by atoms with Crippen LogP contribution in [0.5, 0.6) is 0 Å². The fourth-order valence-corrected chi connectivity index (χ4v) is 2.78. The quantitative estimate of drug-likeness (QED) is 0.414. The molecule has 2 aromatic rings. The third-order valence-electron chi connectivity index (χ3n) is 2.74. The second-order valence-corrected chi connectivity index (χ2v) is 7.21. The third-order valence-corrected chi connectivity index (χ3v) is 4.50. The van der Waals surface area contributed by atoms with Crippen LogP contribution in [-0.2, 0) is 20.2 Å². The molecule has 10 nitrogen and oxygen atoms in total. The standard InChI is InChI=1S/C12H8N4O6S2.ClH/c13-14-11-6-3-9(7-12(11)24(20,21)22)16-15-8-1-4-10(5-2-8)23(17,18)19;/h1-7H,(H-,17,18,19,20,21,22);1H. The molecule has 25 heavy (non-hydrogen) atoms. The lowest BCUT2D eigenvalue weighted by molar-refractivity contribution is -0.0000134. The van der Waals surface area contributed by atoms with E-state index in [0.717, 1.165) is 24.3 Å². The van der Waals surface area contributed by atoms with Crippen LogP contribution in [0.4, 0.5) is 17.1 Å². The maximum atomic E-state index is 11.2. The van der Waals surface area contributed by atoms with Crippen molar-refractivity contribution in [2.24, 2.45) is 10.2 Å². The lowest BCUT2D eigenvalue weighted by Gasteiger charge is -1.98. The summed E-state index contributed by atoms with van der Waals surface area (Å²) in [6.45, 7) is 0. The van der Waals surface area contributed by atoms with Gasteiger partial charge in [-0.05, 0) is 36.4 Å². The van der Waals surface area contributed by atoms with Gasteiger partial charge >= 0.3 is 15.8 Å². The molecule has 2 rings (SSSR count). The first kappa shape index (κ1) is 20.6. The van der Waals surface area contributed by atoms with Crippen LogP contribution in [0.2, 0.25) is 0 Å². The molecule has 0 aliphatic rings. The highest BCUT2D eigenvalue weighted by molar-refractivity contribution is 7.86. The summed E-state index contributed by atoms with van der Waals surface area (Å²) in [5.74, 6) is 0. The molecule has 2 N–H and O–H groups in total. The Balaban J connectivity index is 0.00000312. The number of halogens is 1. The highest BCUT2D eigenvalue weighted by Crippen LogP contribution is 2.29. The van der Waals surface area contributed by atoms with Gasteiger partial charge in [0.15, 0.2) is 9.87 Å². The Labute approximate surface area is 148 Å². The number of rotatable bonds is 4. The van der Waals surface area contributed by atoms with E-state index in [2.05, 4.69) is 15.2 Å². The van der Waals surface area contributed by atoms with Gasteiger partial charge in [-0.15, -0.1) is 0 Å². The van der Waals surface area contributed by atoms with Crippen molar-refractivity contribution in [2.45, 2.75) is 9.79 Å². The van der Waals surface area contributed by atoms with E-state index in [0.29, 0.717) is 0 Å². The first-order valence-electron chi connectivity index (χ1n) is 6.07. The topological polar surface area (TPSA) is 162 Å². The molecule has 0 heterocycles. The number of hydrogen-bond acceptors (Lipinski definition) is 7. The van der Waals surface area contributed by atoms with Crippen molar-refractivity contribution in [3.63, 3.8) is 0 Å². The number of nitrogens with zero attached hydrogens (tertiary/aromatic N) is 4. The van der Waals surface area contributed by atoms with E-state index >= 15 is 0 Å². The largest absolute Gasteiger partial charge is 1.00 e. The highest BCUT2D eigenvalue weighted by atomic mass is 35.5. The number of diazo groups is 1. The Bertz CT molecular complexity index is 1060. The van der Waals surface area contributed by atoms with Crippen LogP contribution in [-0.4, -0.2) is 25.9 Å². The minimum Gasteiger partial charge on any atom is -1.00 e. The van der Waals surface area contributed by atoms with Gasteiger partial charge in [0.05, 0.1) is 16.3 Å². The predicted octanol–water partition coefficient (Wildman–Crippen LogP) is 0.0840. The molecule has 0 atom stereocenters. The second-order valence-electron chi connectivity index (χ2n) is 4.40. The van der Waals surface area contributed by atoms with E-state index < -0.39 is 25.1 Å². The van der Waals surface area contributed by atoms with Gasteiger partial charge in [0.2, 0.25) is 5.39 Å². The Morgan fingerprint density at radius 1 is 0.840 bits per heavy atom. The maximum Gasteiger partial charge on any atom is 0.406 e. The number of hydrogen-bond donors (Lipinski definition) is 2. The van der Waals surface area contributed by atoms with Gasteiger partial charge in [-0.3, -0.25) is 9.11 Å². The molecule has 13 heteroatoms. The smallest absolute Gasteiger partial charge is 0.406 e. The SMILES string of the molecule is N#[N+]c1ccc(N=Nc2ccc(S(=O)(=O)O)cc2)cc1S(=O)(=O)O.[Cl-]. The molecule has 0 unspecified atom stereocenters. The van der Waals surface area contributed by atoms with Gasteiger partial charge in [-0.25, -0.2) is 0 Å². The van der Waals surface area contributed by atoms with E-state index in [-0.39, 0.29) is 34.4 Å². The van der Waals surface area contributed by atoms with Gasteiger partial charge in [0, 0.05) is 6.07 Å². The Kier molecular flexibility index (Phi) is 6.30. The fraction of sp³-hybridized carbons (Fsp3) is 0. The molecule has 0 saturated carbocycles. The molecule has 0 bridgehead atoms. The lowest BCUT2D eigenvalue weighted by Crippen LogP contribution is -3.00. The van der Waals surface area contributed by atoms with Crippen LogP contribution in [0.1, 0.15) is 0 Å². The summed E-state index contributed by atoms with van der Waals surface area (Å²) in [6, 6.07) is 8.11. The average Bonchev–Trinajstić information content (AvgIpc) is 2.51. The van der Waals surface area contributed by atoms with Gasteiger partial charge < -0.3 is 12.4 Å². The molecule has 0 aliphatic carbocycles. The summed E-state index contributed by atoms with van der Waals surface area (Å²) < 4.78 is 62.1. The molecule has 0 fully saturated rings. The van der Waals surface area contributed by atoms with Crippen molar-refractivity contribution in [1.29, 1.82) is 5.39 Å². The van der Waals surface area contributed by atoms with Gasteiger partial charge in [0.25, 0.3) is 10.1 Å². The average molecular weight is 405 g/mol. The van der Waals surface area contributed by atoms with Crippen molar-refractivity contribution in [3.8, 4) is 0 Å². The van der Waals surface area contributed by atoms with Crippen molar-refractivity contribution in [2.75, 3.05) is 0 Å². The number of azo groups is 1. The third kappa shape index (κ3) is 5.28. The summed E-state index contributed by atoms with van der Waals surface area (Å²) in [5.41, 5.74) is -0.102. The molecule has 0 aliphatic heterocycles.